The first-order valence-corrected chi connectivity index (χ1v) is 5.19. The maximum atomic E-state index is 8.81. The third kappa shape index (κ3) is 2.11. The second kappa shape index (κ2) is 4.24. The van der Waals surface area contributed by atoms with Gasteiger partial charge in [0.05, 0.1) is 12.3 Å². The van der Waals surface area contributed by atoms with Gasteiger partial charge in [-0.25, -0.2) is 4.98 Å². The van der Waals surface area contributed by atoms with E-state index in [0.29, 0.717) is 12.3 Å². The molecule has 0 aliphatic carbocycles. The Morgan fingerprint density at radius 3 is 2.54 bits per heavy atom. The van der Waals surface area contributed by atoms with E-state index in [1.54, 1.807) is 0 Å². The minimum Gasteiger partial charge on any atom is -0.396 e. The first-order chi connectivity index (χ1) is 6.07. The standard InChI is InChI=1S/C9H15BrN2O/c1-6(2)8-9(10)12(3)7(11-8)4-5-13/h6,13H,4-5H2,1-3H3. The molecule has 74 valence electrons. The Kier molecular flexibility index (Phi) is 3.50. The zero-order valence-corrected chi connectivity index (χ0v) is 9.80. The van der Waals surface area contributed by atoms with Crippen LogP contribution in [0.1, 0.15) is 31.3 Å². The Morgan fingerprint density at radius 2 is 2.15 bits per heavy atom. The van der Waals surface area contributed by atoms with Crippen molar-refractivity contribution in [2.75, 3.05) is 6.61 Å². The van der Waals surface area contributed by atoms with Crippen LogP contribution >= 0.6 is 15.9 Å². The van der Waals surface area contributed by atoms with Crippen LogP contribution in [0.4, 0.5) is 0 Å². The van der Waals surface area contributed by atoms with Crippen LogP contribution in [0, 0.1) is 0 Å². The zero-order valence-electron chi connectivity index (χ0n) is 8.21. The molecule has 0 saturated carbocycles. The van der Waals surface area contributed by atoms with Gasteiger partial charge in [0.25, 0.3) is 0 Å². The molecule has 0 saturated heterocycles. The van der Waals surface area contributed by atoms with Gasteiger partial charge >= 0.3 is 0 Å². The molecule has 0 aliphatic rings. The van der Waals surface area contributed by atoms with Crippen LogP contribution in [-0.4, -0.2) is 21.3 Å². The largest absolute Gasteiger partial charge is 0.396 e. The highest BCUT2D eigenvalue weighted by molar-refractivity contribution is 9.10. The van der Waals surface area contributed by atoms with Crippen LogP contribution in [0.2, 0.25) is 0 Å². The van der Waals surface area contributed by atoms with E-state index in [4.69, 9.17) is 5.11 Å². The highest BCUT2D eigenvalue weighted by atomic mass is 79.9. The molecule has 0 bridgehead atoms. The van der Waals surface area contributed by atoms with Gasteiger partial charge in [-0.15, -0.1) is 0 Å². The number of nitrogens with zero attached hydrogens (tertiary/aromatic N) is 2. The van der Waals surface area contributed by atoms with Gasteiger partial charge in [-0.2, -0.15) is 0 Å². The summed E-state index contributed by atoms with van der Waals surface area (Å²) in [6.45, 7) is 4.36. The maximum absolute atomic E-state index is 8.81. The van der Waals surface area contributed by atoms with Gasteiger partial charge in [0, 0.05) is 13.5 Å². The minimum atomic E-state index is 0.148. The van der Waals surface area contributed by atoms with E-state index in [-0.39, 0.29) is 6.61 Å². The second-order valence-corrected chi connectivity index (χ2v) is 4.14. The predicted molar refractivity (Wildman–Crippen MR) is 55.8 cm³/mol. The third-order valence-electron chi connectivity index (χ3n) is 2.02. The van der Waals surface area contributed by atoms with Crippen molar-refractivity contribution in [1.29, 1.82) is 0 Å². The SMILES string of the molecule is CC(C)c1nc(CCO)n(C)c1Br. The Morgan fingerprint density at radius 1 is 1.54 bits per heavy atom. The fraction of sp³-hybridized carbons (Fsp3) is 0.667. The van der Waals surface area contributed by atoms with Crippen molar-refractivity contribution in [1.82, 2.24) is 9.55 Å². The highest BCUT2D eigenvalue weighted by Crippen LogP contribution is 2.24. The smallest absolute Gasteiger partial charge is 0.111 e. The van der Waals surface area contributed by atoms with Gasteiger partial charge in [-0.05, 0) is 21.8 Å². The molecule has 1 heterocycles. The van der Waals surface area contributed by atoms with E-state index < -0.39 is 0 Å². The van der Waals surface area contributed by atoms with Crippen molar-refractivity contribution in [2.24, 2.45) is 7.05 Å². The molecule has 0 atom stereocenters. The van der Waals surface area contributed by atoms with Crippen molar-refractivity contribution in [3.8, 4) is 0 Å². The summed E-state index contributed by atoms with van der Waals surface area (Å²) in [5, 5.41) is 8.81. The Hall–Kier alpha value is -0.350. The lowest BCUT2D eigenvalue weighted by molar-refractivity contribution is 0.295. The van der Waals surface area contributed by atoms with Gasteiger partial charge in [-0.3, -0.25) is 0 Å². The molecule has 0 unspecified atom stereocenters. The normalized spacial score (nSPS) is 11.2. The molecule has 1 N–H and O–H groups in total. The predicted octanol–water partition coefficient (Wildman–Crippen LogP) is 1.84. The molecule has 1 aromatic heterocycles. The average molecular weight is 247 g/mol. The average Bonchev–Trinajstić information content (AvgIpc) is 2.33. The van der Waals surface area contributed by atoms with Crippen LogP contribution < -0.4 is 0 Å². The van der Waals surface area contributed by atoms with Crippen LogP contribution in [0.3, 0.4) is 0 Å². The zero-order chi connectivity index (χ0) is 10.0. The van der Waals surface area contributed by atoms with Crippen molar-refractivity contribution in [3.63, 3.8) is 0 Å². The van der Waals surface area contributed by atoms with E-state index in [1.807, 2.05) is 11.6 Å². The number of halogens is 1. The maximum Gasteiger partial charge on any atom is 0.111 e. The summed E-state index contributed by atoms with van der Waals surface area (Å²) in [6, 6.07) is 0. The van der Waals surface area contributed by atoms with Crippen molar-refractivity contribution < 1.29 is 5.11 Å². The molecule has 0 fully saturated rings. The lowest BCUT2D eigenvalue weighted by Gasteiger charge is -2.00. The Bertz CT molecular complexity index is 294. The summed E-state index contributed by atoms with van der Waals surface area (Å²) < 4.78 is 3.00. The summed E-state index contributed by atoms with van der Waals surface area (Å²) in [4.78, 5) is 4.45. The molecule has 0 amide bonds. The molecular weight excluding hydrogens is 232 g/mol. The summed E-state index contributed by atoms with van der Waals surface area (Å²) in [5.74, 6) is 1.34. The molecule has 4 heteroatoms. The van der Waals surface area contributed by atoms with Crippen molar-refractivity contribution in [2.45, 2.75) is 26.2 Å². The minimum absolute atomic E-state index is 0.148. The Balaban J connectivity index is 3.05. The van der Waals surface area contributed by atoms with Crippen molar-refractivity contribution >= 4 is 15.9 Å². The second-order valence-electron chi connectivity index (χ2n) is 3.39. The highest BCUT2D eigenvalue weighted by Gasteiger charge is 2.14. The number of aliphatic hydroxyl groups excluding tert-OH is 1. The van der Waals surface area contributed by atoms with E-state index in [9.17, 15) is 0 Å². The van der Waals surface area contributed by atoms with E-state index in [1.165, 1.54) is 0 Å². The number of aliphatic hydroxyl groups is 1. The van der Waals surface area contributed by atoms with Crippen LogP contribution in [-0.2, 0) is 13.5 Å². The molecular formula is C9H15BrN2O. The van der Waals surface area contributed by atoms with E-state index >= 15 is 0 Å². The van der Waals surface area contributed by atoms with Crippen molar-refractivity contribution in [3.05, 3.63) is 16.1 Å². The first-order valence-electron chi connectivity index (χ1n) is 4.39. The number of imidazole rings is 1. The van der Waals surface area contributed by atoms with Gasteiger partial charge in [0.1, 0.15) is 10.4 Å². The lowest BCUT2D eigenvalue weighted by atomic mass is 10.2. The summed E-state index contributed by atoms with van der Waals surface area (Å²) in [7, 11) is 1.95. The molecule has 13 heavy (non-hydrogen) atoms. The monoisotopic (exact) mass is 246 g/mol. The molecule has 1 aromatic rings. The van der Waals surface area contributed by atoms with Crippen LogP contribution in [0.25, 0.3) is 0 Å². The fourth-order valence-electron chi connectivity index (χ4n) is 1.24. The summed E-state index contributed by atoms with van der Waals surface area (Å²) >= 11 is 3.49. The topological polar surface area (TPSA) is 38.1 Å². The number of aromatic nitrogens is 2. The number of hydrogen-bond donors (Lipinski definition) is 1. The third-order valence-corrected chi connectivity index (χ3v) is 2.96. The van der Waals surface area contributed by atoms with Gasteiger partial charge in [0.2, 0.25) is 0 Å². The molecule has 0 aromatic carbocycles. The molecule has 0 spiro atoms. The van der Waals surface area contributed by atoms with Gasteiger partial charge in [0.15, 0.2) is 0 Å². The number of hydrogen-bond acceptors (Lipinski definition) is 2. The molecule has 0 aliphatic heterocycles. The summed E-state index contributed by atoms with van der Waals surface area (Å²) in [6.07, 6.45) is 0.613. The quantitative estimate of drug-likeness (QED) is 0.885. The van der Waals surface area contributed by atoms with Gasteiger partial charge in [-0.1, -0.05) is 13.8 Å². The van der Waals surface area contributed by atoms with Crippen LogP contribution in [0.5, 0.6) is 0 Å². The van der Waals surface area contributed by atoms with E-state index in [2.05, 4.69) is 34.8 Å². The van der Waals surface area contributed by atoms with E-state index in [0.717, 1.165) is 16.1 Å². The van der Waals surface area contributed by atoms with Gasteiger partial charge < -0.3 is 9.67 Å². The lowest BCUT2D eigenvalue weighted by Crippen LogP contribution is -2.00. The first kappa shape index (κ1) is 10.7. The number of rotatable bonds is 3. The fourth-order valence-corrected chi connectivity index (χ4v) is 1.99. The summed E-state index contributed by atoms with van der Waals surface area (Å²) in [5.41, 5.74) is 1.06. The molecule has 1 rings (SSSR count). The molecule has 3 nitrogen and oxygen atoms in total. The molecule has 0 radical (unpaired) electrons. The Labute approximate surface area is 86.9 Å². The van der Waals surface area contributed by atoms with Crippen LogP contribution in [0.15, 0.2) is 4.60 Å².